The molecule has 0 radical (unpaired) electrons. The second-order valence-electron chi connectivity index (χ2n) is 3.59. The maximum absolute atomic E-state index is 4.00. The standard InChI is InChI=1S/C12H20N2/c1-3-4-5-12(2)6-9-14-10-7-13-8-11-14/h3-5,13H,1-2,6-11H2. The van der Waals surface area contributed by atoms with Gasteiger partial charge < -0.3 is 10.2 Å². The highest BCUT2D eigenvalue weighted by atomic mass is 15.2. The zero-order valence-corrected chi connectivity index (χ0v) is 8.84. The van der Waals surface area contributed by atoms with Crippen LogP contribution in [0.5, 0.6) is 0 Å². The number of hydrogen-bond acceptors (Lipinski definition) is 2. The van der Waals surface area contributed by atoms with Gasteiger partial charge in [0.1, 0.15) is 0 Å². The molecule has 0 spiro atoms. The number of nitrogens with zero attached hydrogens (tertiary/aromatic N) is 1. The minimum absolute atomic E-state index is 1.06. The first-order valence-electron chi connectivity index (χ1n) is 5.23. The molecule has 2 heteroatoms. The molecule has 0 aromatic rings. The van der Waals surface area contributed by atoms with Gasteiger partial charge in [-0.2, -0.15) is 0 Å². The Morgan fingerprint density at radius 1 is 1.36 bits per heavy atom. The van der Waals surface area contributed by atoms with Gasteiger partial charge in [0.05, 0.1) is 0 Å². The van der Waals surface area contributed by atoms with E-state index in [2.05, 4.69) is 23.4 Å². The second-order valence-corrected chi connectivity index (χ2v) is 3.59. The third-order valence-corrected chi connectivity index (χ3v) is 2.43. The van der Waals surface area contributed by atoms with Crippen molar-refractivity contribution in [3.05, 3.63) is 37.0 Å². The molecule has 78 valence electrons. The molecule has 14 heavy (non-hydrogen) atoms. The molecule has 1 N–H and O–H groups in total. The van der Waals surface area contributed by atoms with Crippen molar-refractivity contribution >= 4 is 0 Å². The van der Waals surface area contributed by atoms with Crippen LogP contribution >= 0.6 is 0 Å². The lowest BCUT2D eigenvalue weighted by Crippen LogP contribution is -2.43. The van der Waals surface area contributed by atoms with Crippen molar-refractivity contribution in [2.75, 3.05) is 32.7 Å². The number of rotatable bonds is 5. The molecule has 0 saturated carbocycles. The normalized spacial score (nSPS) is 18.6. The minimum atomic E-state index is 1.06. The Kier molecular flexibility index (Phi) is 5.27. The minimum Gasteiger partial charge on any atom is -0.314 e. The van der Waals surface area contributed by atoms with Gasteiger partial charge in [-0.15, -0.1) is 0 Å². The smallest absolute Gasteiger partial charge is 0.0108 e. The van der Waals surface area contributed by atoms with Gasteiger partial charge in [0.25, 0.3) is 0 Å². The van der Waals surface area contributed by atoms with E-state index in [4.69, 9.17) is 0 Å². The van der Waals surface area contributed by atoms with E-state index < -0.39 is 0 Å². The van der Waals surface area contributed by atoms with E-state index in [1.165, 1.54) is 18.7 Å². The van der Waals surface area contributed by atoms with Crippen LogP contribution in [0.15, 0.2) is 37.0 Å². The molecule has 0 aromatic carbocycles. The van der Waals surface area contributed by atoms with Crippen molar-refractivity contribution in [2.24, 2.45) is 0 Å². The van der Waals surface area contributed by atoms with Crippen LogP contribution in [-0.2, 0) is 0 Å². The van der Waals surface area contributed by atoms with Crippen molar-refractivity contribution in [3.8, 4) is 0 Å². The Hall–Kier alpha value is -0.860. The fraction of sp³-hybridized carbons (Fsp3) is 0.500. The van der Waals surface area contributed by atoms with Gasteiger partial charge in [0.15, 0.2) is 0 Å². The maximum Gasteiger partial charge on any atom is 0.0108 e. The number of hydrogen-bond donors (Lipinski definition) is 1. The van der Waals surface area contributed by atoms with Crippen LogP contribution in [0.3, 0.4) is 0 Å². The number of allylic oxidation sites excluding steroid dienone is 3. The number of nitrogens with one attached hydrogen (secondary N) is 1. The largest absolute Gasteiger partial charge is 0.314 e. The lowest BCUT2D eigenvalue weighted by atomic mass is 10.2. The monoisotopic (exact) mass is 192 g/mol. The first kappa shape index (κ1) is 11.2. The predicted molar refractivity (Wildman–Crippen MR) is 62.4 cm³/mol. The van der Waals surface area contributed by atoms with Gasteiger partial charge in [-0.05, 0) is 6.42 Å². The van der Waals surface area contributed by atoms with Crippen molar-refractivity contribution in [1.82, 2.24) is 10.2 Å². The molecule has 1 saturated heterocycles. The van der Waals surface area contributed by atoms with Crippen LogP contribution in [-0.4, -0.2) is 37.6 Å². The van der Waals surface area contributed by atoms with Crippen molar-refractivity contribution < 1.29 is 0 Å². The summed E-state index contributed by atoms with van der Waals surface area (Å²) in [6.07, 6.45) is 6.83. The predicted octanol–water partition coefficient (Wildman–Crippen LogP) is 1.58. The van der Waals surface area contributed by atoms with Crippen molar-refractivity contribution in [2.45, 2.75) is 6.42 Å². The lowest BCUT2D eigenvalue weighted by Gasteiger charge is -2.27. The lowest BCUT2D eigenvalue weighted by molar-refractivity contribution is 0.244. The Morgan fingerprint density at radius 2 is 2.07 bits per heavy atom. The van der Waals surface area contributed by atoms with Crippen LogP contribution in [0.2, 0.25) is 0 Å². The fourth-order valence-corrected chi connectivity index (χ4v) is 1.52. The summed E-state index contributed by atoms with van der Waals surface area (Å²) in [7, 11) is 0. The molecule has 1 fully saturated rings. The summed E-state index contributed by atoms with van der Waals surface area (Å²) in [6.45, 7) is 13.3. The van der Waals surface area contributed by atoms with E-state index in [0.717, 1.165) is 26.1 Å². The third kappa shape index (κ3) is 4.40. The Balaban J connectivity index is 2.15. The molecule has 1 aliphatic heterocycles. The molecular weight excluding hydrogens is 172 g/mol. The Bertz CT molecular complexity index is 212. The zero-order chi connectivity index (χ0) is 10.2. The molecule has 0 aliphatic carbocycles. The Labute approximate surface area is 87.0 Å². The van der Waals surface area contributed by atoms with Crippen molar-refractivity contribution in [3.63, 3.8) is 0 Å². The van der Waals surface area contributed by atoms with Crippen LogP contribution in [0.4, 0.5) is 0 Å². The topological polar surface area (TPSA) is 15.3 Å². The number of piperazine rings is 1. The van der Waals surface area contributed by atoms with Crippen LogP contribution in [0.1, 0.15) is 6.42 Å². The van der Waals surface area contributed by atoms with E-state index in [1.807, 2.05) is 12.2 Å². The fourth-order valence-electron chi connectivity index (χ4n) is 1.52. The highest BCUT2D eigenvalue weighted by Gasteiger charge is 2.08. The summed E-state index contributed by atoms with van der Waals surface area (Å²) in [5.41, 5.74) is 1.18. The van der Waals surface area contributed by atoms with Gasteiger partial charge >= 0.3 is 0 Å². The first-order chi connectivity index (χ1) is 6.83. The quantitative estimate of drug-likeness (QED) is 0.665. The van der Waals surface area contributed by atoms with Gasteiger partial charge in [-0.25, -0.2) is 0 Å². The molecule has 0 unspecified atom stereocenters. The molecule has 0 atom stereocenters. The van der Waals surface area contributed by atoms with Gasteiger partial charge in [0, 0.05) is 32.7 Å². The van der Waals surface area contributed by atoms with E-state index in [-0.39, 0.29) is 0 Å². The average molecular weight is 192 g/mol. The summed E-state index contributed by atoms with van der Waals surface area (Å²) < 4.78 is 0. The first-order valence-corrected chi connectivity index (χ1v) is 5.23. The van der Waals surface area contributed by atoms with E-state index in [1.54, 1.807) is 6.08 Å². The highest BCUT2D eigenvalue weighted by Crippen LogP contribution is 2.03. The SMILES string of the molecule is C=CC=CC(=C)CCN1CCNCC1. The molecule has 1 rings (SSSR count). The molecule has 1 heterocycles. The van der Waals surface area contributed by atoms with Crippen LogP contribution < -0.4 is 5.32 Å². The second kappa shape index (κ2) is 6.57. The summed E-state index contributed by atoms with van der Waals surface area (Å²) in [5, 5.41) is 3.35. The van der Waals surface area contributed by atoms with Gasteiger partial charge in [-0.1, -0.05) is 37.0 Å². The Morgan fingerprint density at radius 3 is 2.71 bits per heavy atom. The van der Waals surface area contributed by atoms with Gasteiger partial charge in [-0.3, -0.25) is 0 Å². The van der Waals surface area contributed by atoms with E-state index in [0.29, 0.717) is 0 Å². The average Bonchev–Trinajstić information content (AvgIpc) is 2.25. The van der Waals surface area contributed by atoms with Gasteiger partial charge in [0.2, 0.25) is 0 Å². The summed E-state index contributed by atoms with van der Waals surface area (Å²) in [4.78, 5) is 2.48. The van der Waals surface area contributed by atoms with Crippen LogP contribution in [0, 0.1) is 0 Å². The summed E-state index contributed by atoms with van der Waals surface area (Å²) in [6, 6.07) is 0. The van der Waals surface area contributed by atoms with Crippen molar-refractivity contribution in [1.29, 1.82) is 0 Å². The van der Waals surface area contributed by atoms with E-state index >= 15 is 0 Å². The molecule has 0 aromatic heterocycles. The molecule has 2 nitrogen and oxygen atoms in total. The van der Waals surface area contributed by atoms with E-state index in [9.17, 15) is 0 Å². The van der Waals surface area contributed by atoms with Crippen LogP contribution in [0.25, 0.3) is 0 Å². The maximum atomic E-state index is 4.00. The summed E-state index contributed by atoms with van der Waals surface area (Å²) >= 11 is 0. The zero-order valence-electron chi connectivity index (χ0n) is 8.84. The molecule has 0 amide bonds. The third-order valence-electron chi connectivity index (χ3n) is 2.43. The summed E-state index contributed by atoms with van der Waals surface area (Å²) in [5.74, 6) is 0. The molecule has 0 bridgehead atoms. The highest BCUT2D eigenvalue weighted by molar-refractivity contribution is 5.18. The molecule has 1 aliphatic rings. The molecular formula is C12H20N2.